The fraction of sp³-hybridized carbons (Fsp3) is 0.643. The molecule has 0 saturated heterocycles. The summed E-state index contributed by atoms with van der Waals surface area (Å²) in [5, 5.41) is 7.70. The maximum absolute atomic E-state index is 5.54. The third-order valence-corrected chi connectivity index (χ3v) is 4.66. The molecule has 0 radical (unpaired) electrons. The Morgan fingerprint density at radius 1 is 1.35 bits per heavy atom. The molecule has 0 aromatic carbocycles. The van der Waals surface area contributed by atoms with Gasteiger partial charge in [-0.15, -0.1) is 11.3 Å². The molecule has 108 valence electrons. The van der Waals surface area contributed by atoms with E-state index in [1.54, 1.807) is 11.7 Å². The van der Waals surface area contributed by atoms with Gasteiger partial charge in [0.15, 0.2) is 0 Å². The normalized spacial score (nSPS) is 23.6. The number of nitrogens with one attached hydrogen (secondary N) is 1. The largest absolute Gasteiger partial charge is 0.339 e. The zero-order valence-corrected chi connectivity index (χ0v) is 12.5. The first-order valence-corrected chi connectivity index (χ1v) is 8.22. The van der Waals surface area contributed by atoms with Crippen LogP contribution in [0.1, 0.15) is 50.8 Å². The van der Waals surface area contributed by atoms with E-state index in [1.807, 2.05) is 0 Å². The third-order valence-electron chi connectivity index (χ3n) is 3.89. The zero-order valence-electron chi connectivity index (χ0n) is 11.7. The molecule has 2 aromatic rings. The minimum Gasteiger partial charge on any atom is -0.339 e. The van der Waals surface area contributed by atoms with Crippen LogP contribution in [-0.2, 0) is 0 Å². The number of likely N-dealkylation sites (N-methyl/N-ethyl adjacent to an activating group) is 1. The van der Waals surface area contributed by atoms with Crippen LogP contribution >= 0.6 is 11.3 Å². The van der Waals surface area contributed by atoms with Crippen LogP contribution < -0.4 is 5.32 Å². The summed E-state index contributed by atoms with van der Waals surface area (Å²) < 4.78 is 5.54. The molecule has 2 unspecified atom stereocenters. The van der Waals surface area contributed by atoms with E-state index < -0.39 is 0 Å². The molecule has 1 N–H and O–H groups in total. The van der Waals surface area contributed by atoms with Gasteiger partial charge in [0, 0.05) is 12.2 Å². The number of rotatable bonds is 4. The lowest BCUT2D eigenvalue weighted by Gasteiger charge is -2.22. The molecule has 0 amide bonds. The average molecular weight is 292 g/mol. The predicted octanol–water partition coefficient (Wildman–Crippen LogP) is 3.22. The topological polar surface area (TPSA) is 63.8 Å². The highest BCUT2D eigenvalue weighted by molar-refractivity contribution is 7.13. The molecule has 0 spiro atoms. The summed E-state index contributed by atoms with van der Waals surface area (Å²) >= 11 is 1.54. The molecule has 1 aliphatic carbocycles. The Bertz CT molecular complexity index is 525. The van der Waals surface area contributed by atoms with E-state index in [0.29, 0.717) is 17.8 Å². The number of aromatic nitrogens is 3. The van der Waals surface area contributed by atoms with Crippen molar-refractivity contribution in [1.82, 2.24) is 20.4 Å². The molecule has 2 heterocycles. The van der Waals surface area contributed by atoms with Crippen molar-refractivity contribution in [2.24, 2.45) is 0 Å². The molecule has 3 rings (SSSR count). The number of thiazole rings is 1. The molecule has 2 aromatic heterocycles. The van der Waals surface area contributed by atoms with E-state index in [2.05, 4.69) is 27.4 Å². The molecule has 0 aliphatic heterocycles. The average Bonchev–Trinajstić information content (AvgIpc) is 3.09. The van der Waals surface area contributed by atoms with Gasteiger partial charge in [-0.25, -0.2) is 0 Å². The van der Waals surface area contributed by atoms with Gasteiger partial charge in [0.05, 0.1) is 16.3 Å². The van der Waals surface area contributed by atoms with Crippen LogP contribution in [0.15, 0.2) is 16.2 Å². The van der Waals surface area contributed by atoms with E-state index >= 15 is 0 Å². The van der Waals surface area contributed by atoms with Crippen molar-refractivity contribution in [2.75, 3.05) is 6.54 Å². The molecule has 6 heteroatoms. The van der Waals surface area contributed by atoms with Crippen LogP contribution in [0.2, 0.25) is 0 Å². The van der Waals surface area contributed by atoms with Crippen molar-refractivity contribution >= 4 is 11.3 Å². The standard InChI is InChI=1S/C14H20N4OS/c1-2-16-11-7-5-3-4-6-10(11)14-17-13(18-19-14)12-8-15-9-20-12/h8-11,16H,2-7H2,1H3. The Hall–Kier alpha value is -1.27. The highest BCUT2D eigenvalue weighted by atomic mass is 32.1. The van der Waals surface area contributed by atoms with Crippen LogP contribution in [0.3, 0.4) is 0 Å². The van der Waals surface area contributed by atoms with Gasteiger partial charge in [0.1, 0.15) is 0 Å². The lowest BCUT2D eigenvalue weighted by atomic mass is 9.94. The Kier molecular flexibility index (Phi) is 4.42. The summed E-state index contributed by atoms with van der Waals surface area (Å²) in [4.78, 5) is 9.63. The Labute approximate surface area is 122 Å². The molecule has 20 heavy (non-hydrogen) atoms. The van der Waals surface area contributed by atoms with Gasteiger partial charge in [0.25, 0.3) is 0 Å². The van der Waals surface area contributed by atoms with Crippen molar-refractivity contribution in [1.29, 1.82) is 0 Å². The van der Waals surface area contributed by atoms with Gasteiger partial charge in [-0.3, -0.25) is 4.98 Å². The number of nitrogens with zero attached hydrogens (tertiary/aromatic N) is 3. The first kappa shape index (κ1) is 13.7. The highest BCUT2D eigenvalue weighted by Gasteiger charge is 2.29. The van der Waals surface area contributed by atoms with Crippen LogP contribution in [0.4, 0.5) is 0 Å². The number of hydrogen-bond acceptors (Lipinski definition) is 6. The second kappa shape index (κ2) is 6.45. The lowest BCUT2D eigenvalue weighted by Crippen LogP contribution is -2.34. The summed E-state index contributed by atoms with van der Waals surface area (Å²) in [7, 11) is 0. The van der Waals surface area contributed by atoms with Gasteiger partial charge in [0.2, 0.25) is 11.7 Å². The van der Waals surface area contributed by atoms with Crippen molar-refractivity contribution in [3.63, 3.8) is 0 Å². The van der Waals surface area contributed by atoms with E-state index in [0.717, 1.165) is 23.7 Å². The summed E-state index contributed by atoms with van der Waals surface area (Å²) in [6, 6.07) is 0.456. The fourth-order valence-electron chi connectivity index (χ4n) is 2.92. The maximum Gasteiger partial charge on any atom is 0.231 e. The molecule has 1 aliphatic rings. The fourth-order valence-corrected chi connectivity index (χ4v) is 3.47. The molecular formula is C14H20N4OS. The molecule has 2 atom stereocenters. The van der Waals surface area contributed by atoms with E-state index in [-0.39, 0.29) is 0 Å². The summed E-state index contributed by atoms with van der Waals surface area (Å²) in [6.07, 6.45) is 7.93. The monoisotopic (exact) mass is 292 g/mol. The minimum absolute atomic E-state index is 0.339. The van der Waals surface area contributed by atoms with Gasteiger partial charge < -0.3 is 9.84 Å². The SMILES string of the molecule is CCNC1CCCCCC1c1nc(-c2cncs2)no1. The molecule has 5 nitrogen and oxygen atoms in total. The van der Waals surface area contributed by atoms with Crippen molar-refractivity contribution in [2.45, 2.75) is 51.0 Å². The third kappa shape index (κ3) is 2.91. The van der Waals surface area contributed by atoms with Crippen molar-refractivity contribution < 1.29 is 4.52 Å². The summed E-state index contributed by atoms with van der Waals surface area (Å²) in [5.41, 5.74) is 1.79. The Balaban J connectivity index is 1.82. The van der Waals surface area contributed by atoms with Gasteiger partial charge >= 0.3 is 0 Å². The van der Waals surface area contributed by atoms with E-state index in [9.17, 15) is 0 Å². The summed E-state index contributed by atoms with van der Waals surface area (Å²) in [6.45, 7) is 3.13. The minimum atomic E-state index is 0.339. The Morgan fingerprint density at radius 3 is 3.05 bits per heavy atom. The first-order valence-electron chi connectivity index (χ1n) is 7.34. The van der Waals surface area contributed by atoms with Gasteiger partial charge in [-0.05, 0) is 19.4 Å². The summed E-state index contributed by atoms with van der Waals surface area (Å²) in [5.74, 6) is 1.79. The molecule has 1 saturated carbocycles. The van der Waals surface area contributed by atoms with Gasteiger partial charge in [-0.1, -0.05) is 31.3 Å². The highest BCUT2D eigenvalue weighted by Crippen LogP contribution is 2.32. The smallest absolute Gasteiger partial charge is 0.231 e. The van der Waals surface area contributed by atoms with E-state index in [1.165, 1.54) is 37.0 Å². The van der Waals surface area contributed by atoms with E-state index in [4.69, 9.17) is 4.52 Å². The number of hydrogen-bond donors (Lipinski definition) is 1. The van der Waals surface area contributed by atoms with Crippen LogP contribution in [0.25, 0.3) is 10.7 Å². The molecular weight excluding hydrogens is 272 g/mol. The predicted molar refractivity (Wildman–Crippen MR) is 78.7 cm³/mol. The van der Waals surface area contributed by atoms with Gasteiger partial charge in [-0.2, -0.15) is 4.98 Å². The quantitative estimate of drug-likeness (QED) is 0.877. The maximum atomic E-state index is 5.54. The van der Waals surface area contributed by atoms with Crippen molar-refractivity contribution in [3.8, 4) is 10.7 Å². The first-order chi connectivity index (χ1) is 9.88. The Morgan fingerprint density at radius 2 is 2.25 bits per heavy atom. The molecule has 1 fully saturated rings. The molecule has 0 bridgehead atoms. The second-order valence-corrected chi connectivity index (χ2v) is 6.12. The van der Waals surface area contributed by atoms with Crippen LogP contribution in [0.5, 0.6) is 0 Å². The van der Waals surface area contributed by atoms with Crippen LogP contribution in [0, 0.1) is 0 Å². The second-order valence-electron chi connectivity index (χ2n) is 5.23. The van der Waals surface area contributed by atoms with Crippen molar-refractivity contribution in [3.05, 3.63) is 17.6 Å². The zero-order chi connectivity index (χ0) is 13.8. The lowest BCUT2D eigenvalue weighted by molar-refractivity contribution is 0.306. The van der Waals surface area contributed by atoms with Crippen LogP contribution in [-0.4, -0.2) is 27.7 Å².